The van der Waals surface area contributed by atoms with Gasteiger partial charge in [-0.15, -0.1) is 0 Å². The van der Waals surface area contributed by atoms with Gasteiger partial charge in [-0.1, -0.05) is 37.6 Å². The average Bonchev–Trinajstić information content (AvgIpc) is 2.98. The van der Waals surface area contributed by atoms with Crippen LogP contribution in [0.25, 0.3) is 0 Å². The molecule has 7 heteroatoms. The minimum atomic E-state index is -1.80. The fraction of sp³-hybridized carbons (Fsp3) is 0.625. The number of aliphatic hydroxyl groups is 2. The molecule has 4 bridgehead atoms. The lowest BCUT2D eigenvalue weighted by molar-refractivity contribution is -0.407. The van der Waals surface area contributed by atoms with Crippen LogP contribution in [0.1, 0.15) is 45.6 Å². The van der Waals surface area contributed by atoms with Crippen molar-refractivity contribution < 1.29 is 33.6 Å². The summed E-state index contributed by atoms with van der Waals surface area (Å²) in [5.74, 6) is -2.42. The maximum absolute atomic E-state index is 13.1. The molecular formula is C24H29FO6. The lowest BCUT2D eigenvalue weighted by Gasteiger charge is -2.64. The van der Waals surface area contributed by atoms with Gasteiger partial charge in [0.05, 0.1) is 6.61 Å². The van der Waals surface area contributed by atoms with E-state index < -0.39 is 40.6 Å². The maximum Gasteiger partial charge on any atom is 0.306 e. The molecule has 6 nitrogen and oxygen atoms in total. The lowest BCUT2D eigenvalue weighted by atomic mass is 9.48. The molecule has 0 aromatic heterocycles. The van der Waals surface area contributed by atoms with Gasteiger partial charge in [0, 0.05) is 23.7 Å². The van der Waals surface area contributed by atoms with E-state index in [1.54, 1.807) is 19.1 Å². The lowest BCUT2D eigenvalue weighted by Crippen LogP contribution is -2.75. The monoisotopic (exact) mass is 432 g/mol. The van der Waals surface area contributed by atoms with E-state index in [1.165, 1.54) is 12.1 Å². The fourth-order valence-electron chi connectivity index (χ4n) is 6.27. The summed E-state index contributed by atoms with van der Waals surface area (Å²) in [5.41, 5.74) is -1.24. The number of halogens is 1. The van der Waals surface area contributed by atoms with Crippen molar-refractivity contribution in [1.29, 1.82) is 0 Å². The Morgan fingerprint density at radius 1 is 1.26 bits per heavy atom. The van der Waals surface area contributed by atoms with Crippen LogP contribution in [0.2, 0.25) is 0 Å². The molecule has 7 atom stereocenters. The van der Waals surface area contributed by atoms with E-state index in [1.807, 2.05) is 6.92 Å². The zero-order valence-corrected chi connectivity index (χ0v) is 18.1. The molecular weight excluding hydrogens is 403 g/mol. The second-order valence-electron chi connectivity index (χ2n) is 9.99. The van der Waals surface area contributed by atoms with Gasteiger partial charge in [-0.25, -0.2) is 4.39 Å². The van der Waals surface area contributed by atoms with Gasteiger partial charge in [0.2, 0.25) is 0 Å². The Kier molecular flexibility index (Phi) is 4.49. The Labute approximate surface area is 181 Å². The summed E-state index contributed by atoms with van der Waals surface area (Å²) >= 11 is 0. The van der Waals surface area contributed by atoms with Crippen molar-refractivity contribution in [2.75, 3.05) is 6.61 Å². The number of aryl methyl sites for hydroxylation is 1. The first-order valence-corrected chi connectivity index (χ1v) is 10.9. The van der Waals surface area contributed by atoms with Gasteiger partial charge >= 0.3 is 5.97 Å². The molecule has 31 heavy (non-hydrogen) atoms. The number of rotatable bonds is 4. The van der Waals surface area contributed by atoms with Crippen molar-refractivity contribution in [1.82, 2.24) is 0 Å². The molecule has 4 fully saturated rings. The van der Waals surface area contributed by atoms with Gasteiger partial charge in [-0.3, -0.25) is 4.79 Å². The van der Waals surface area contributed by atoms with Crippen molar-refractivity contribution in [2.24, 2.45) is 16.7 Å². The first-order valence-electron chi connectivity index (χ1n) is 10.9. The van der Waals surface area contributed by atoms with E-state index in [4.69, 9.17) is 14.2 Å². The molecule has 168 valence electrons. The zero-order valence-electron chi connectivity index (χ0n) is 18.1. The highest BCUT2D eigenvalue weighted by molar-refractivity contribution is 5.70. The topological polar surface area (TPSA) is 85.2 Å². The summed E-state index contributed by atoms with van der Waals surface area (Å²) in [5, 5.41) is 22.8. The van der Waals surface area contributed by atoms with E-state index in [9.17, 15) is 19.4 Å². The number of esters is 1. The normalized spacial score (nSPS) is 45.2. The number of hydrogen-bond acceptors (Lipinski definition) is 6. The number of ether oxygens (including phenoxy) is 3. The fourth-order valence-corrected chi connectivity index (χ4v) is 6.27. The first-order chi connectivity index (χ1) is 14.5. The highest BCUT2D eigenvalue weighted by Crippen LogP contribution is 2.71. The van der Waals surface area contributed by atoms with E-state index in [0.717, 1.165) is 17.6 Å². The smallest absolute Gasteiger partial charge is 0.306 e. The number of fused-ring (bicyclic) bond motifs is 1. The molecule has 1 aromatic rings. The summed E-state index contributed by atoms with van der Waals surface area (Å²) in [6, 6.07) is 6.04. The van der Waals surface area contributed by atoms with E-state index in [2.05, 4.69) is 13.0 Å². The summed E-state index contributed by atoms with van der Waals surface area (Å²) in [7, 11) is 0. The summed E-state index contributed by atoms with van der Waals surface area (Å²) < 4.78 is 31.0. The third kappa shape index (κ3) is 2.67. The minimum absolute atomic E-state index is 0.0902. The standard InChI is InChI=1S/C24H29FO6/c1-14-4-10-17-21(2)13-29-20-19(23(14,17)12-24(28,31-20)22(21,3)27)30-18(26)11-7-15-5-8-16(25)9-6-15/h5-6,8-10,14,19-20,27-28H,4,7,11-13H2,1-3H3/t14-,19+,20?,21-,22-,23+,24-/m1/s1. The minimum Gasteiger partial charge on any atom is -0.456 e. The number of benzene rings is 1. The van der Waals surface area contributed by atoms with E-state index in [0.29, 0.717) is 6.42 Å². The second kappa shape index (κ2) is 6.61. The van der Waals surface area contributed by atoms with Crippen LogP contribution in [0.4, 0.5) is 4.39 Å². The summed E-state index contributed by atoms with van der Waals surface area (Å²) in [4.78, 5) is 12.8. The summed E-state index contributed by atoms with van der Waals surface area (Å²) in [6.45, 7) is 5.73. The van der Waals surface area contributed by atoms with Crippen molar-refractivity contribution in [3.63, 3.8) is 0 Å². The summed E-state index contributed by atoms with van der Waals surface area (Å²) in [6.07, 6.45) is 1.93. The van der Waals surface area contributed by atoms with Gasteiger partial charge in [0.15, 0.2) is 18.2 Å². The number of hydrogen-bond donors (Lipinski definition) is 2. The van der Waals surface area contributed by atoms with Crippen molar-refractivity contribution in [2.45, 2.75) is 70.2 Å². The third-order valence-corrected chi connectivity index (χ3v) is 8.41. The van der Waals surface area contributed by atoms with Crippen LogP contribution in [-0.4, -0.2) is 46.6 Å². The second-order valence-corrected chi connectivity index (χ2v) is 9.99. The number of carbonyl (C=O) groups is 1. The molecule has 2 N–H and O–H groups in total. The number of carbonyl (C=O) groups excluding carboxylic acids is 1. The Morgan fingerprint density at radius 2 is 1.97 bits per heavy atom. The quantitative estimate of drug-likeness (QED) is 0.562. The molecule has 5 aliphatic rings. The van der Waals surface area contributed by atoms with Crippen LogP contribution < -0.4 is 0 Å². The molecule has 3 heterocycles. The van der Waals surface area contributed by atoms with E-state index >= 15 is 0 Å². The largest absolute Gasteiger partial charge is 0.456 e. The molecule has 1 unspecified atom stereocenters. The van der Waals surface area contributed by atoms with Crippen molar-refractivity contribution in [3.8, 4) is 0 Å². The molecule has 1 spiro atoms. The zero-order chi connectivity index (χ0) is 22.2. The molecule has 3 aliphatic heterocycles. The highest BCUT2D eigenvalue weighted by atomic mass is 19.1. The van der Waals surface area contributed by atoms with Crippen LogP contribution in [0, 0.1) is 22.6 Å². The van der Waals surface area contributed by atoms with Crippen LogP contribution in [0.5, 0.6) is 0 Å². The molecule has 6 rings (SSSR count). The van der Waals surface area contributed by atoms with Crippen LogP contribution in [0.3, 0.4) is 0 Å². The Bertz CT molecular complexity index is 942. The third-order valence-electron chi connectivity index (χ3n) is 8.41. The van der Waals surface area contributed by atoms with Crippen LogP contribution in [-0.2, 0) is 25.4 Å². The predicted molar refractivity (Wildman–Crippen MR) is 108 cm³/mol. The van der Waals surface area contributed by atoms with Crippen LogP contribution >= 0.6 is 0 Å². The van der Waals surface area contributed by atoms with Crippen molar-refractivity contribution >= 4 is 5.97 Å². The van der Waals surface area contributed by atoms with Crippen LogP contribution in [0.15, 0.2) is 35.9 Å². The van der Waals surface area contributed by atoms with Gasteiger partial charge < -0.3 is 24.4 Å². The van der Waals surface area contributed by atoms with Gasteiger partial charge in [-0.05, 0) is 43.4 Å². The molecule has 2 aliphatic carbocycles. The number of allylic oxidation sites excluding steroid dienone is 1. The van der Waals surface area contributed by atoms with E-state index in [-0.39, 0.29) is 31.2 Å². The highest BCUT2D eigenvalue weighted by Gasteiger charge is 2.78. The predicted octanol–water partition coefficient (Wildman–Crippen LogP) is 2.86. The molecule has 1 saturated carbocycles. The molecule has 1 aromatic carbocycles. The van der Waals surface area contributed by atoms with Gasteiger partial charge in [0.25, 0.3) is 0 Å². The SMILES string of the molecule is C[C@@H]1CC=C2[C@]13C[C@@]1(O)OC(OC[C@@]2(C)[C@@]1(C)O)[C@@H]3OC(=O)CCc1ccc(F)cc1. The molecule has 3 saturated heterocycles. The Morgan fingerprint density at radius 3 is 2.68 bits per heavy atom. The molecule has 0 amide bonds. The average molecular weight is 432 g/mol. The Balaban J connectivity index is 1.44. The van der Waals surface area contributed by atoms with Gasteiger partial charge in [-0.2, -0.15) is 0 Å². The van der Waals surface area contributed by atoms with Gasteiger partial charge in [0.1, 0.15) is 11.4 Å². The van der Waals surface area contributed by atoms with Crippen molar-refractivity contribution in [3.05, 3.63) is 47.3 Å². The molecule has 0 radical (unpaired) electrons. The first kappa shape index (κ1) is 21.1. The Hall–Kier alpha value is -1.80. The maximum atomic E-state index is 13.1.